The molecule has 0 aromatic heterocycles. The lowest BCUT2D eigenvalue weighted by Gasteiger charge is -2.42. The Morgan fingerprint density at radius 2 is 1.93 bits per heavy atom. The van der Waals surface area contributed by atoms with Crippen LogP contribution in [0, 0.1) is 6.92 Å². The topological polar surface area (TPSA) is 76.1 Å². The molecule has 28 heavy (non-hydrogen) atoms. The van der Waals surface area contributed by atoms with Gasteiger partial charge < -0.3 is 14.6 Å². The summed E-state index contributed by atoms with van der Waals surface area (Å²) >= 11 is 0. The summed E-state index contributed by atoms with van der Waals surface area (Å²) in [5.41, 5.74) is 0.663. The quantitative estimate of drug-likeness (QED) is 0.803. The number of fused-ring (bicyclic) bond motifs is 6. The van der Waals surface area contributed by atoms with Gasteiger partial charge in [-0.2, -0.15) is 0 Å². The third-order valence-electron chi connectivity index (χ3n) is 5.90. The number of sulfonamides is 1. The number of hydrogen-bond acceptors (Lipinski definition) is 5. The van der Waals surface area contributed by atoms with Crippen LogP contribution in [0.1, 0.15) is 17.5 Å². The number of aryl methyl sites for hydroxylation is 1. The third-order valence-corrected chi connectivity index (χ3v) is 7.71. The fourth-order valence-corrected chi connectivity index (χ4v) is 6.27. The van der Waals surface area contributed by atoms with Gasteiger partial charge >= 0.3 is 0 Å². The molecule has 7 heteroatoms. The minimum Gasteiger partial charge on any atom is -0.497 e. The Balaban J connectivity index is 1.73. The summed E-state index contributed by atoms with van der Waals surface area (Å²) in [6.45, 7) is 1.91. The molecular weight excluding hydrogens is 378 g/mol. The lowest BCUT2D eigenvalue weighted by Crippen LogP contribution is -2.57. The highest BCUT2D eigenvalue weighted by Gasteiger charge is 2.61. The summed E-state index contributed by atoms with van der Waals surface area (Å²) in [6, 6.07) is 11.1. The van der Waals surface area contributed by atoms with Gasteiger partial charge in [0.25, 0.3) is 10.0 Å². The van der Waals surface area contributed by atoms with Gasteiger partial charge in [-0.25, -0.2) is 8.42 Å². The van der Waals surface area contributed by atoms with Gasteiger partial charge in [-0.15, -0.1) is 0 Å². The molecular formula is C21H21NO5S. The highest BCUT2D eigenvalue weighted by Crippen LogP contribution is 2.55. The number of aliphatic hydroxyl groups is 1. The molecule has 1 N–H and O–H groups in total. The van der Waals surface area contributed by atoms with Gasteiger partial charge in [0.2, 0.25) is 0 Å². The molecule has 3 aliphatic heterocycles. The molecule has 2 aromatic rings. The van der Waals surface area contributed by atoms with Gasteiger partial charge in [0, 0.05) is 12.0 Å². The highest BCUT2D eigenvalue weighted by molar-refractivity contribution is 7.92. The van der Waals surface area contributed by atoms with Gasteiger partial charge in [0.15, 0.2) is 0 Å². The van der Waals surface area contributed by atoms with Crippen LogP contribution in [0.5, 0.6) is 5.75 Å². The number of ether oxygens (including phenoxy) is 2. The first-order valence-corrected chi connectivity index (χ1v) is 10.6. The molecule has 0 radical (unpaired) electrons. The average Bonchev–Trinajstić information content (AvgIpc) is 3.19. The fraction of sp³-hybridized carbons (Fsp3) is 0.333. The van der Waals surface area contributed by atoms with Crippen molar-refractivity contribution in [1.29, 1.82) is 0 Å². The second-order valence-corrected chi connectivity index (χ2v) is 9.41. The van der Waals surface area contributed by atoms with E-state index in [9.17, 15) is 13.5 Å². The van der Waals surface area contributed by atoms with Crippen molar-refractivity contribution in [3.8, 4) is 5.75 Å². The largest absolute Gasteiger partial charge is 0.497 e. The van der Waals surface area contributed by atoms with Crippen molar-refractivity contribution in [2.75, 3.05) is 11.4 Å². The summed E-state index contributed by atoms with van der Waals surface area (Å²) in [4.78, 5) is 0.188. The maximum absolute atomic E-state index is 13.6. The molecule has 3 heterocycles. The summed E-state index contributed by atoms with van der Waals surface area (Å²) in [7, 11) is -2.35. The molecule has 1 saturated heterocycles. The normalized spacial score (nSPS) is 30.2. The van der Waals surface area contributed by atoms with E-state index in [0.717, 1.165) is 5.56 Å². The van der Waals surface area contributed by atoms with Crippen molar-refractivity contribution in [3.63, 3.8) is 0 Å². The van der Waals surface area contributed by atoms with Crippen molar-refractivity contribution in [3.05, 3.63) is 65.7 Å². The molecule has 0 saturated carbocycles. The van der Waals surface area contributed by atoms with Crippen molar-refractivity contribution in [1.82, 2.24) is 0 Å². The molecule has 1 fully saturated rings. The Kier molecular flexibility index (Phi) is 3.69. The van der Waals surface area contributed by atoms with E-state index in [4.69, 9.17) is 9.47 Å². The lowest BCUT2D eigenvalue weighted by atomic mass is 9.82. The first-order valence-electron chi connectivity index (χ1n) is 9.20. The summed E-state index contributed by atoms with van der Waals surface area (Å²) in [5, 5.41) is 11.7. The van der Waals surface area contributed by atoms with E-state index in [1.165, 1.54) is 4.31 Å². The lowest BCUT2D eigenvalue weighted by molar-refractivity contribution is -0.114. The Bertz CT molecular complexity index is 1080. The predicted octanol–water partition coefficient (Wildman–Crippen LogP) is 2.50. The number of benzene rings is 2. The van der Waals surface area contributed by atoms with Gasteiger partial charge in [0.05, 0.1) is 23.8 Å². The van der Waals surface area contributed by atoms with E-state index in [-0.39, 0.29) is 11.0 Å². The summed E-state index contributed by atoms with van der Waals surface area (Å²) < 4.78 is 39.9. The van der Waals surface area contributed by atoms with E-state index in [1.54, 1.807) is 49.6 Å². The maximum atomic E-state index is 13.6. The number of methoxy groups -OCH3 is 1. The zero-order valence-electron chi connectivity index (χ0n) is 15.6. The zero-order valence-corrected chi connectivity index (χ0v) is 16.4. The van der Waals surface area contributed by atoms with Crippen LogP contribution in [0.25, 0.3) is 0 Å². The molecule has 2 aromatic carbocycles. The smallest absolute Gasteiger partial charge is 0.264 e. The average molecular weight is 399 g/mol. The van der Waals surface area contributed by atoms with Crippen molar-refractivity contribution in [2.24, 2.45) is 0 Å². The highest BCUT2D eigenvalue weighted by atomic mass is 32.2. The maximum Gasteiger partial charge on any atom is 0.264 e. The Hall–Kier alpha value is -2.35. The van der Waals surface area contributed by atoms with Gasteiger partial charge in [-0.3, -0.25) is 4.31 Å². The van der Waals surface area contributed by atoms with Gasteiger partial charge in [-0.1, -0.05) is 29.8 Å². The molecule has 5 rings (SSSR count). The second-order valence-electron chi connectivity index (χ2n) is 7.59. The van der Waals surface area contributed by atoms with E-state index in [1.807, 2.05) is 19.1 Å². The minimum atomic E-state index is -3.90. The molecule has 0 amide bonds. The van der Waals surface area contributed by atoms with Crippen molar-refractivity contribution >= 4 is 15.7 Å². The molecule has 0 spiro atoms. The molecule has 3 aliphatic rings. The number of nitrogens with zero attached hydrogens (tertiary/aromatic N) is 1. The van der Waals surface area contributed by atoms with Gasteiger partial charge in [0.1, 0.15) is 23.5 Å². The predicted molar refractivity (Wildman–Crippen MR) is 104 cm³/mol. The van der Waals surface area contributed by atoms with Crippen LogP contribution < -0.4 is 9.04 Å². The molecule has 2 bridgehead atoms. The Morgan fingerprint density at radius 3 is 2.64 bits per heavy atom. The van der Waals surface area contributed by atoms with Crippen LogP contribution in [0.3, 0.4) is 0 Å². The SMILES string of the molecule is COc1ccc2c(c1)[C@]1(O)C[C@@H]3C=C[C@@H](O3)[C@@H]1N2S(=O)(=O)c1ccc(C)cc1. The van der Waals surface area contributed by atoms with Gasteiger partial charge in [-0.05, 0) is 37.3 Å². The van der Waals surface area contributed by atoms with Crippen molar-refractivity contribution < 1.29 is 23.0 Å². The monoisotopic (exact) mass is 399 g/mol. The first-order chi connectivity index (χ1) is 13.3. The van der Waals surface area contributed by atoms with Crippen LogP contribution in [0.4, 0.5) is 5.69 Å². The number of anilines is 1. The van der Waals surface area contributed by atoms with E-state index in [2.05, 4.69) is 0 Å². The number of rotatable bonds is 3. The van der Waals surface area contributed by atoms with Crippen LogP contribution in [0.15, 0.2) is 59.5 Å². The van der Waals surface area contributed by atoms with Crippen LogP contribution in [-0.4, -0.2) is 38.9 Å². The molecule has 0 aliphatic carbocycles. The first kappa shape index (κ1) is 17.7. The minimum absolute atomic E-state index is 0.188. The zero-order chi connectivity index (χ0) is 19.7. The molecule has 6 nitrogen and oxygen atoms in total. The van der Waals surface area contributed by atoms with E-state index >= 15 is 0 Å². The van der Waals surface area contributed by atoms with Crippen LogP contribution >= 0.6 is 0 Å². The van der Waals surface area contributed by atoms with E-state index < -0.39 is 27.8 Å². The summed E-state index contributed by atoms with van der Waals surface area (Å²) in [6.07, 6.45) is 3.31. The molecule has 4 atom stereocenters. The Morgan fingerprint density at radius 1 is 1.18 bits per heavy atom. The van der Waals surface area contributed by atoms with E-state index in [0.29, 0.717) is 23.4 Å². The standard InChI is InChI=1S/C21H21NO5S/c1-13-3-7-16(8-4-13)28(24,25)22-18-9-5-14(26-2)11-17(18)21(23)12-15-6-10-19(27-15)20(21)22/h3-11,15,19-20,23H,12H2,1-2H3/t15-,19+,20-,21+/m0/s1. The Labute approximate surface area is 164 Å². The van der Waals surface area contributed by atoms with Crippen molar-refractivity contribution in [2.45, 2.75) is 42.1 Å². The molecule has 0 unspecified atom stereocenters. The second kappa shape index (κ2) is 5.83. The number of hydrogen-bond donors (Lipinski definition) is 1. The fourth-order valence-electron chi connectivity index (χ4n) is 4.55. The molecule has 146 valence electrons. The van der Waals surface area contributed by atoms with Crippen LogP contribution in [0.2, 0.25) is 0 Å². The summed E-state index contributed by atoms with van der Waals surface area (Å²) in [5.74, 6) is 0.576. The third kappa shape index (κ3) is 2.30. The van der Waals surface area contributed by atoms with Crippen LogP contribution in [-0.2, 0) is 20.4 Å².